The third-order valence-electron chi connectivity index (χ3n) is 2.42. The van der Waals surface area contributed by atoms with Crippen LogP contribution in [0.2, 0.25) is 0 Å². The van der Waals surface area contributed by atoms with Gasteiger partial charge in [0.1, 0.15) is 18.1 Å². The van der Waals surface area contributed by atoms with E-state index in [9.17, 15) is 18.0 Å². The molecule has 0 saturated carbocycles. The van der Waals surface area contributed by atoms with Crippen LogP contribution in [0, 0.1) is 0 Å². The zero-order valence-electron chi connectivity index (χ0n) is 10.5. The predicted octanol–water partition coefficient (Wildman–Crippen LogP) is 1.39. The third kappa shape index (κ3) is 4.16. The van der Waals surface area contributed by atoms with Crippen molar-refractivity contribution in [3.63, 3.8) is 0 Å². The van der Waals surface area contributed by atoms with Gasteiger partial charge in [-0.2, -0.15) is 13.2 Å². The average Bonchev–Trinajstić information content (AvgIpc) is 2.82. The molecule has 0 spiro atoms. The minimum atomic E-state index is -4.44. The Morgan fingerprint density at radius 2 is 2.19 bits per heavy atom. The zero-order valence-corrected chi connectivity index (χ0v) is 10.5. The first-order valence-electron chi connectivity index (χ1n) is 5.72. The van der Waals surface area contributed by atoms with Gasteiger partial charge in [0.05, 0.1) is 18.3 Å². The summed E-state index contributed by atoms with van der Waals surface area (Å²) in [6.07, 6.45) is -2.01. The number of nitrogens with zero attached hydrogens (tertiary/aromatic N) is 4. The Balaban J connectivity index is 2.00. The molecule has 10 heteroatoms. The van der Waals surface area contributed by atoms with Crippen molar-refractivity contribution in [2.75, 3.05) is 5.32 Å². The van der Waals surface area contributed by atoms with E-state index in [1.807, 2.05) is 0 Å². The number of alkyl halides is 3. The minimum absolute atomic E-state index is 0.0395. The van der Waals surface area contributed by atoms with Crippen molar-refractivity contribution in [3.8, 4) is 0 Å². The minimum Gasteiger partial charge on any atom is -0.480 e. The molecule has 0 aliphatic carbocycles. The summed E-state index contributed by atoms with van der Waals surface area (Å²) in [5.74, 6) is -1.03. The highest BCUT2D eigenvalue weighted by atomic mass is 19.4. The number of anilines is 1. The van der Waals surface area contributed by atoms with Gasteiger partial charge in [-0.25, -0.2) is 9.67 Å². The largest absolute Gasteiger partial charge is 0.480 e. The van der Waals surface area contributed by atoms with Crippen LogP contribution < -0.4 is 5.32 Å². The molecule has 112 valence electrons. The number of hydrogen-bond acceptors (Lipinski definition) is 5. The first-order valence-corrected chi connectivity index (χ1v) is 5.72. The fraction of sp³-hybridized carbons (Fsp3) is 0.273. The number of rotatable bonds is 5. The van der Waals surface area contributed by atoms with E-state index < -0.39 is 17.7 Å². The van der Waals surface area contributed by atoms with Gasteiger partial charge in [0, 0.05) is 6.20 Å². The summed E-state index contributed by atoms with van der Waals surface area (Å²) in [5.41, 5.74) is -0.426. The molecule has 0 unspecified atom stereocenters. The lowest BCUT2D eigenvalue weighted by Crippen LogP contribution is -2.09. The van der Waals surface area contributed by atoms with Crippen LogP contribution in [-0.2, 0) is 24.1 Å². The second-order valence-electron chi connectivity index (χ2n) is 4.08. The van der Waals surface area contributed by atoms with Gasteiger partial charge in [0.15, 0.2) is 0 Å². The Kier molecular flexibility index (Phi) is 4.05. The number of hydrogen-bond donors (Lipinski definition) is 2. The molecular formula is C11H10F3N5O2. The number of nitrogens with one attached hydrogen (secondary N) is 1. The molecule has 0 aromatic carbocycles. The highest BCUT2D eigenvalue weighted by molar-refractivity contribution is 5.66. The van der Waals surface area contributed by atoms with E-state index in [0.717, 1.165) is 23.0 Å². The molecule has 0 atom stereocenters. The summed E-state index contributed by atoms with van der Waals surface area (Å²) in [4.78, 5) is 14.2. The molecule has 2 heterocycles. The van der Waals surface area contributed by atoms with E-state index in [1.165, 1.54) is 6.20 Å². The number of aromatic nitrogens is 4. The normalized spacial score (nSPS) is 11.4. The molecule has 0 fully saturated rings. The van der Waals surface area contributed by atoms with Gasteiger partial charge in [-0.3, -0.25) is 4.79 Å². The maximum Gasteiger partial charge on any atom is 0.416 e. The van der Waals surface area contributed by atoms with Crippen LogP contribution in [0.5, 0.6) is 0 Å². The topological polar surface area (TPSA) is 92.9 Å². The van der Waals surface area contributed by atoms with Crippen molar-refractivity contribution in [1.82, 2.24) is 20.0 Å². The van der Waals surface area contributed by atoms with Crippen molar-refractivity contribution >= 4 is 11.8 Å². The smallest absolute Gasteiger partial charge is 0.416 e. The van der Waals surface area contributed by atoms with Gasteiger partial charge >= 0.3 is 12.1 Å². The summed E-state index contributed by atoms with van der Waals surface area (Å²) < 4.78 is 38.7. The molecule has 21 heavy (non-hydrogen) atoms. The Labute approximate surface area is 116 Å². The third-order valence-corrected chi connectivity index (χ3v) is 2.42. The van der Waals surface area contributed by atoms with Crippen molar-refractivity contribution in [1.29, 1.82) is 0 Å². The number of carboxylic acid groups (broad SMARTS) is 1. The number of halogens is 3. The number of pyridine rings is 1. The molecule has 0 saturated heterocycles. The van der Waals surface area contributed by atoms with Gasteiger partial charge in [-0.05, 0) is 12.1 Å². The summed E-state index contributed by atoms with van der Waals surface area (Å²) >= 11 is 0. The second-order valence-corrected chi connectivity index (χ2v) is 4.08. The van der Waals surface area contributed by atoms with E-state index in [-0.39, 0.29) is 18.9 Å². The van der Waals surface area contributed by atoms with Crippen molar-refractivity contribution in [2.24, 2.45) is 0 Å². The Hall–Kier alpha value is -2.65. The Morgan fingerprint density at radius 1 is 1.43 bits per heavy atom. The number of aliphatic carboxylic acids is 1. The van der Waals surface area contributed by atoms with E-state index >= 15 is 0 Å². The fourth-order valence-electron chi connectivity index (χ4n) is 1.52. The van der Waals surface area contributed by atoms with Crippen LogP contribution in [0.25, 0.3) is 0 Å². The predicted molar refractivity (Wildman–Crippen MR) is 64.2 cm³/mol. The molecule has 2 aromatic rings. The first-order chi connectivity index (χ1) is 9.84. The maximum absolute atomic E-state index is 12.5. The highest BCUT2D eigenvalue weighted by Crippen LogP contribution is 2.29. The van der Waals surface area contributed by atoms with Crippen LogP contribution in [0.1, 0.15) is 11.3 Å². The second kappa shape index (κ2) is 5.77. The molecule has 0 aliphatic rings. The van der Waals surface area contributed by atoms with Crippen molar-refractivity contribution in [3.05, 3.63) is 35.8 Å². The fourth-order valence-corrected chi connectivity index (χ4v) is 1.52. The molecule has 2 rings (SSSR count). The SMILES string of the molecule is O=C(O)Cn1cc(CNc2cc(C(F)(F)F)ccn2)nn1. The van der Waals surface area contributed by atoms with Gasteiger partial charge in [0.2, 0.25) is 0 Å². The molecular weight excluding hydrogens is 291 g/mol. The summed E-state index contributed by atoms with van der Waals surface area (Å²) in [6.45, 7) is -0.261. The molecule has 0 radical (unpaired) electrons. The average molecular weight is 301 g/mol. The molecule has 0 aliphatic heterocycles. The lowest BCUT2D eigenvalue weighted by molar-refractivity contribution is -0.138. The molecule has 7 nitrogen and oxygen atoms in total. The summed E-state index contributed by atoms with van der Waals surface area (Å²) in [7, 11) is 0. The van der Waals surface area contributed by atoms with Crippen LogP contribution >= 0.6 is 0 Å². The standard InChI is InChI=1S/C11H10F3N5O2/c12-11(13,14)7-1-2-15-9(3-7)16-4-8-5-19(18-17-8)6-10(20)21/h1-3,5H,4,6H2,(H,15,16)(H,20,21). The van der Waals surface area contributed by atoms with Crippen LogP contribution in [0.15, 0.2) is 24.5 Å². The zero-order chi connectivity index (χ0) is 15.5. The van der Waals surface area contributed by atoms with Crippen molar-refractivity contribution < 1.29 is 23.1 Å². The molecule has 0 bridgehead atoms. The lowest BCUT2D eigenvalue weighted by atomic mass is 10.2. The summed E-state index contributed by atoms with van der Waals surface area (Å²) in [6, 6.07) is 1.75. The van der Waals surface area contributed by atoms with Gasteiger partial charge in [-0.1, -0.05) is 5.21 Å². The van der Waals surface area contributed by atoms with Gasteiger partial charge in [0.25, 0.3) is 0 Å². The highest BCUT2D eigenvalue weighted by Gasteiger charge is 2.30. The lowest BCUT2D eigenvalue weighted by Gasteiger charge is -2.08. The quantitative estimate of drug-likeness (QED) is 0.867. The van der Waals surface area contributed by atoms with E-state index in [2.05, 4.69) is 20.6 Å². The van der Waals surface area contributed by atoms with Gasteiger partial charge < -0.3 is 10.4 Å². The van der Waals surface area contributed by atoms with Crippen LogP contribution in [0.4, 0.5) is 19.0 Å². The van der Waals surface area contributed by atoms with E-state index in [4.69, 9.17) is 5.11 Å². The Bertz CT molecular complexity index is 641. The number of carboxylic acids is 1. The number of carbonyl (C=O) groups is 1. The molecule has 2 N–H and O–H groups in total. The monoisotopic (exact) mass is 301 g/mol. The van der Waals surface area contributed by atoms with E-state index in [1.54, 1.807) is 0 Å². The molecule has 0 amide bonds. The van der Waals surface area contributed by atoms with Gasteiger partial charge in [-0.15, -0.1) is 5.10 Å². The van der Waals surface area contributed by atoms with Crippen molar-refractivity contribution in [2.45, 2.75) is 19.3 Å². The first kappa shape index (κ1) is 14.8. The van der Waals surface area contributed by atoms with E-state index in [0.29, 0.717) is 5.69 Å². The van der Waals surface area contributed by atoms with Crippen LogP contribution in [0.3, 0.4) is 0 Å². The Morgan fingerprint density at radius 3 is 2.86 bits per heavy atom. The van der Waals surface area contributed by atoms with Crippen LogP contribution in [-0.4, -0.2) is 31.1 Å². The maximum atomic E-state index is 12.5. The molecule has 2 aromatic heterocycles. The summed E-state index contributed by atoms with van der Waals surface area (Å²) in [5, 5.41) is 18.5.